The number of nitrogens with zero attached hydrogens (tertiary/aromatic N) is 2. The van der Waals surface area contributed by atoms with Crippen molar-refractivity contribution in [2.24, 2.45) is 0 Å². The second-order valence-corrected chi connectivity index (χ2v) is 5.51. The minimum absolute atomic E-state index is 0. The summed E-state index contributed by atoms with van der Waals surface area (Å²) in [7, 11) is 0. The maximum atomic E-state index is 4.41. The monoisotopic (exact) mass is 374 g/mol. The summed E-state index contributed by atoms with van der Waals surface area (Å²) in [5.74, 6) is 0. The minimum atomic E-state index is 0. The Morgan fingerprint density at radius 2 is 1.52 bits per heavy atom. The fourth-order valence-electron chi connectivity index (χ4n) is 2.83. The Morgan fingerprint density at radius 1 is 0.840 bits per heavy atom. The summed E-state index contributed by atoms with van der Waals surface area (Å²) in [6.07, 6.45) is 6.19. The predicted octanol–water partition coefficient (Wildman–Crippen LogP) is 6.10. The van der Waals surface area contributed by atoms with Crippen molar-refractivity contribution < 1.29 is 0 Å². The third-order valence-electron chi connectivity index (χ3n) is 4.16. The van der Waals surface area contributed by atoms with E-state index in [1.807, 2.05) is 18.3 Å². The Labute approximate surface area is 162 Å². The molecule has 0 saturated carbocycles. The summed E-state index contributed by atoms with van der Waals surface area (Å²) >= 11 is 0. The average molecular weight is 375 g/mol. The van der Waals surface area contributed by atoms with Gasteiger partial charge in [-0.1, -0.05) is 42.5 Å². The van der Waals surface area contributed by atoms with Crippen LogP contribution >= 0.6 is 24.8 Å². The van der Waals surface area contributed by atoms with E-state index in [9.17, 15) is 0 Å². The van der Waals surface area contributed by atoms with Crippen LogP contribution in [-0.2, 0) is 0 Å². The number of hydrogen-bond acceptors (Lipinski definition) is 2. The fraction of sp³-hybridized carbons (Fsp3) is 0.190. The van der Waals surface area contributed by atoms with E-state index in [1.54, 1.807) is 0 Å². The zero-order valence-electron chi connectivity index (χ0n) is 14.6. The molecule has 0 saturated heterocycles. The molecular weight excluding hydrogens is 351 g/mol. The van der Waals surface area contributed by atoms with Gasteiger partial charge in [0.1, 0.15) is 0 Å². The van der Waals surface area contributed by atoms with Crippen LogP contribution in [0.4, 0.5) is 5.69 Å². The third-order valence-corrected chi connectivity index (χ3v) is 4.16. The van der Waals surface area contributed by atoms with E-state index < -0.39 is 0 Å². The maximum absolute atomic E-state index is 4.41. The van der Waals surface area contributed by atoms with Crippen molar-refractivity contribution >= 4 is 53.6 Å². The van der Waals surface area contributed by atoms with Gasteiger partial charge >= 0.3 is 0 Å². The van der Waals surface area contributed by atoms with Gasteiger partial charge in [0.25, 0.3) is 0 Å². The highest BCUT2D eigenvalue weighted by atomic mass is 35.5. The quantitative estimate of drug-likeness (QED) is 0.536. The molecule has 0 aliphatic rings. The van der Waals surface area contributed by atoms with Gasteiger partial charge < -0.3 is 4.90 Å². The van der Waals surface area contributed by atoms with Crippen LogP contribution in [0.5, 0.6) is 0 Å². The largest absolute Gasteiger partial charge is 0.372 e. The second kappa shape index (κ2) is 10.1. The summed E-state index contributed by atoms with van der Waals surface area (Å²) in [6.45, 7) is 6.45. The Hall–Kier alpha value is -2.03. The molecule has 0 atom stereocenters. The fourth-order valence-corrected chi connectivity index (χ4v) is 2.83. The molecule has 0 amide bonds. The molecule has 0 spiro atoms. The lowest BCUT2D eigenvalue weighted by atomic mass is 10.1. The third kappa shape index (κ3) is 4.97. The van der Waals surface area contributed by atoms with Gasteiger partial charge in [-0.15, -0.1) is 24.8 Å². The summed E-state index contributed by atoms with van der Waals surface area (Å²) in [5.41, 5.74) is 4.72. The number of benzene rings is 2. The minimum Gasteiger partial charge on any atom is -0.372 e. The molecule has 2 aromatic carbocycles. The van der Waals surface area contributed by atoms with E-state index >= 15 is 0 Å². The normalized spacial score (nSPS) is 10.3. The number of para-hydroxylation sites is 1. The second-order valence-electron chi connectivity index (χ2n) is 5.51. The van der Waals surface area contributed by atoms with Crippen molar-refractivity contribution in [3.8, 4) is 0 Å². The van der Waals surface area contributed by atoms with Crippen molar-refractivity contribution in [1.82, 2.24) is 4.98 Å². The first kappa shape index (κ1) is 21.0. The van der Waals surface area contributed by atoms with Crippen LogP contribution in [0, 0.1) is 0 Å². The predicted molar refractivity (Wildman–Crippen MR) is 115 cm³/mol. The van der Waals surface area contributed by atoms with Gasteiger partial charge in [0.2, 0.25) is 0 Å². The molecule has 4 heteroatoms. The van der Waals surface area contributed by atoms with Crippen LogP contribution in [0.2, 0.25) is 0 Å². The first-order valence-corrected chi connectivity index (χ1v) is 8.18. The van der Waals surface area contributed by atoms with E-state index in [1.165, 1.54) is 22.2 Å². The lowest BCUT2D eigenvalue weighted by Gasteiger charge is -2.20. The highest BCUT2D eigenvalue weighted by Crippen LogP contribution is 2.20. The molecule has 0 aliphatic carbocycles. The van der Waals surface area contributed by atoms with Crippen LogP contribution in [0.3, 0.4) is 0 Å². The van der Waals surface area contributed by atoms with Crippen LogP contribution in [0.15, 0.2) is 60.8 Å². The van der Waals surface area contributed by atoms with Gasteiger partial charge in [0.05, 0.1) is 5.52 Å². The summed E-state index contributed by atoms with van der Waals surface area (Å²) in [5, 5.41) is 1.19. The zero-order valence-corrected chi connectivity index (χ0v) is 16.2. The van der Waals surface area contributed by atoms with Gasteiger partial charge in [0.15, 0.2) is 0 Å². The number of halogens is 2. The Morgan fingerprint density at radius 3 is 2.20 bits per heavy atom. The lowest BCUT2D eigenvalue weighted by Crippen LogP contribution is -2.21. The average Bonchev–Trinajstić information content (AvgIpc) is 2.62. The molecule has 0 fully saturated rings. The maximum Gasteiger partial charge on any atom is 0.0707 e. The summed E-state index contributed by atoms with van der Waals surface area (Å²) < 4.78 is 0. The van der Waals surface area contributed by atoms with Crippen molar-refractivity contribution in [3.05, 3.63) is 71.9 Å². The summed E-state index contributed by atoms with van der Waals surface area (Å²) in [4.78, 5) is 6.76. The Balaban J connectivity index is 0.00000156. The SMILES string of the molecule is CCN(CC)c1ccc(/C=C/c2ccnc3ccccc23)cc1.Cl.Cl. The molecule has 0 aliphatic heterocycles. The Bertz CT molecular complexity index is 804. The highest BCUT2D eigenvalue weighted by Gasteiger charge is 2.01. The van der Waals surface area contributed by atoms with E-state index in [0.29, 0.717) is 0 Å². The van der Waals surface area contributed by atoms with Crippen LogP contribution in [0.25, 0.3) is 23.1 Å². The molecule has 1 heterocycles. The van der Waals surface area contributed by atoms with Crippen LogP contribution in [-0.4, -0.2) is 18.1 Å². The topological polar surface area (TPSA) is 16.1 Å². The number of aromatic nitrogens is 1. The summed E-state index contributed by atoms with van der Waals surface area (Å²) in [6, 6.07) is 19.0. The lowest BCUT2D eigenvalue weighted by molar-refractivity contribution is 0.866. The van der Waals surface area contributed by atoms with E-state index in [4.69, 9.17) is 0 Å². The van der Waals surface area contributed by atoms with Gasteiger partial charge in [-0.05, 0) is 49.2 Å². The Kier molecular flexibility index (Phi) is 8.47. The molecule has 0 bridgehead atoms. The molecule has 0 N–H and O–H groups in total. The standard InChI is InChI=1S/C21H22N2.2ClH/c1-3-23(4-2)19-13-10-17(11-14-19)9-12-18-15-16-22-21-8-6-5-7-20(18)21;;/h5-16H,3-4H2,1-2H3;2*1H/b12-9+;;. The molecule has 132 valence electrons. The smallest absolute Gasteiger partial charge is 0.0707 e. The van der Waals surface area contributed by atoms with Gasteiger partial charge in [-0.25, -0.2) is 0 Å². The first-order chi connectivity index (χ1) is 11.3. The van der Waals surface area contributed by atoms with Crippen molar-refractivity contribution in [2.45, 2.75) is 13.8 Å². The highest BCUT2D eigenvalue weighted by molar-refractivity contribution is 5.90. The molecule has 1 aromatic heterocycles. The molecule has 0 unspecified atom stereocenters. The zero-order chi connectivity index (χ0) is 16.1. The number of pyridine rings is 1. The van der Waals surface area contributed by atoms with Gasteiger partial charge in [-0.2, -0.15) is 0 Å². The van der Waals surface area contributed by atoms with Crippen molar-refractivity contribution in [2.75, 3.05) is 18.0 Å². The van der Waals surface area contributed by atoms with Crippen LogP contribution < -0.4 is 4.90 Å². The molecular formula is C21H24Cl2N2. The molecule has 2 nitrogen and oxygen atoms in total. The van der Waals surface area contributed by atoms with Crippen molar-refractivity contribution in [3.63, 3.8) is 0 Å². The van der Waals surface area contributed by atoms with Crippen LogP contribution in [0.1, 0.15) is 25.0 Å². The molecule has 3 aromatic rings. The number of hydrogen-bond donors (Lipinski definition) is 0. The first-order valence-electron chi connectivity index (χ1n) is 8.18. The number of anilines is 1. The van der Waals surface area contributed by atoms with E-state index in [2.05, 4.69) is 78.3 Å². The molecule has 25 heavy (non-hydrogen) atoms. The van der Waals surface area contributed by atoms with Gasteiger partial charge in [-0.3, -0.25) is 4.98 Å². The number of fused-ring (bicyclic) bond motifs is 1. The van der Waals surface area contributed by atoms with E-state index in [0.717, 1.165) is 18.6 Å². The van der Waals surface area contributed by atoms with E-state index in [-0.39, 0.29) is 24.8 Å². The molecule has 3 rings (SSSR count). The van der Waals surface area contributed by atoms with Crippen molar-refractivity contribution in [1.29, 1.82) is 0 Å². The van der Waals surface area contributed by atoms with Gasteiger partial charge in [0, 0.05) is 30.4 Å². The number of rotatable bonds is 5. The molecule has 0 radical (unpaired) electrons.